The summed E-state index contributed by atoms with van der Waals surface area (Å²) in [6.07, 6.45) is 14.7. The molecule has 0 bridgehead atoms. The number of ether oxygens (including phenoxy) is 3. The Hall–Kier alpha value is -1.21. The quantitative estimate of drug-likeness (QED) is 0.355. The van der Waals surface area contributed by atoms with Gasteiger partial charge in [-0.2, -0.15) is 0 Å². The highest BCUT2D eigenvalue weighted by Crippen LogP contribution is 2.67. The molecule has 0 amide bonds. The van der Waals surface area contributed by atoms with E-state index in [9.17, 15) is 4.79 Å². The van der Waals surface area contributed by atoms with Gasteiger partial charge in [-0.05, 0) is 73.8 Å². The number of rotatable bonds is 3. The predicted molar refractivity (Wildman–Crippen MR) is 152 cm³/mol. The van der Waals surface area contributed by atoms with Gasteiger partial charge < -0.3 is 14.2 Å². The largest absolute Gasteiger partial charge is 0.458 e. The maximum absolute atomic E-state index is 13.8. The fourth-order valence-electron chi connectivity index (χ4n) is 8.40. The molecule has 2 aromatic heterocycles. The molecule has 7 rings (SSSR count). The molecule has 2 aliphatic heterocycles. The van der Waals surface area contributed by atoms with E-state index in [4.69, 9.17) is 14.2 Å². The predicted octanol–water partition coefficient (Wildman–Crippen LogP) is 9.01. The third-order valence-electron chi connectivity index (χ3n) is 10.4. The minimum absolute atomic E-state index is 0.00850. The molecule has 5 aliphatic rings. The molecule has 206 valence electrons. The molecule has 3 spiro atoms. The summed E-state index contributed by atoms with van der Waals surface area (Å²) < 4.78 is 20.9. The highest BCUT2D eigenvalue weighted by Gasteiger charge is 2.65. The van der Waals surface area contributed by atoms with Crippen LogP contribution >= 0.6 is 22.7 Å². The van der Waals surface area contributed by atoms with Crippen LogP contribution in [0.4, 0.5) is 0 Å². The first kappa shape index (κ1) is 25.7. The smallest absolute Gasteiger partial charge is 0.348 e. The maximum Gasteiger partial charge on any atom is 0.348 e. The van der Waals surface area contributed by atoms with Crippen molar-refractivity contribution >= 4 is 28.6 Å². The minimum atomic E-state index is -0.865. The summed E-state index contributed by atoms with van der Waals surface area (Å²) in [5.74, 6) is 0.559. The molecule has 6 heteroatoms. The van der Waals surface area contributed by atoms with Crippen LogP contribution in [0.2, 0.25) is 0 Å². The molecule has 38 heavy (non-hydrogen) atoms. The summed E-state index contributed by atoms with van der Waals surface area (Å²) in [6.45, 7) is 6.83. The van der Waals surface area contributed by atoms with Gasteiger partial charge in [-0.15, -0.1) is 22.7 Å². The van der Waals surface area contributed by atoms with Crippen molar-refractivity contribution < 1.29 is 19.0 Å². The molecule has 0 N–H and O–H groups in total. The number of carbonyl (C=O) groups excluding carboxylic acids is 1. The third-order valence-corrected chi connectivity index (χ3v) is 12.6. The van der Waals surface area contributed by atoms with E-state index in [1.807, 2.05) is 0 Å². The molecule has 3 aliphatic carbocycles. The molecule has 3 fully saturated rings. The Kier molecular flexibility index (Phi) is 6.38. The first-order valence-corrected chi connectivity index (χ1v) is 16.9. The number of carbonyl (C=O) groups is 1. The fraction of sp³-hybridized carbons (Fsp3) is 0.719. The second-order valence-corrected chi connectivity index (χ2v) is 15.2. The zero-order chi connectivity index (χ0) is 26.1. The standard InChI is InChI=1S/C32H42O4S2/c1-20(2)22-11-10-21(3)18-25(22)34-29(33)26-19-24-28(38-26)32(36-31(24)15-8-5-9-16-31)27-23(12-17-37-27)30(35-32)13-6-4-7-14-30/h12,17,19-22,25H,4-11,13-16,18H2,1-3H3. The number of esters is 1. The Balaban J connectivity index is 1.27. The zero-order valence-electron chi connectivity index (χ0n) is 23.2. The molecule has 0 radical (unpaired) electrons. The van der Waals surface area contributed by atoms with E-state index in [2.05, 4.69) is 38.3 Å². The van der Waals surface area contributed by atoms with Gasteiger partial charge in [0.25, 0.3) is 0 Å². The second-order valence-electron chi connectivity index (χ2n) is 13.2. The van der Waals surface area contributed by atoms with Gasteiger partial charge in [0.1, 0.15) is 11.0 Å². The van der Waals surface area contributed by atoms with Gasteiger partial charge in [0.05, 0.1) is 21.0 Å². The van der Waals surface area contributed by atoms with E-state index >= 15 is 0 Å². The minimum Gasteiger partial charge on any atom is -0.458 e. The first-order chi connectivity index (χ1) is 18.4. The molecule has 0 aromatic carbocycles. The van der Waals surface area contributed by atoms with E-state index < -0.39 is 5.79 Å². The number of thiophene rings is 2. The number of hydrogen-bond acceptors (Lipinski definition) is 6. The average Bonchev–Trinajstić information content (AvgIpc) is 3.66. The van der Waals surface area contributed by atoms with E-state index in [0.29, 0.717) is 17.8 Å². The van der Waals surface area contributed by atoms with Crippen LogP contribution in [0.25, 0.3) is 0 Å². The lowest BCUT2D eigenvalue weighted by atomic mass is 9.75. The molecule has 0 saturated heterocycles. The lowest BCUT2D eigenvalue weighted by Crippen LogP contribution is -2.38. The summed E-state index contributed by atoms with van der Waals surface area (Å²) in [7, 11) is 0. The molecule has 2 aromatic rings. The van der Waals surface area contributed by atoms with Crippen LogP contribution in [-0.2, 0) is 31.2 Å². The Morgan fingerprint density at radius 2 is 1.61 bits per heavy atom. The second kappa shape index (κ2) is 9.43. The van der Waals surface area contributed by atoms with E-state index in [1.165, 1.54) is 48.1 Å². The van der Waals surface area contributed by atoms with Crippen LogP contribution in [0.5, 0.6) is 0 Å². The molecular formula is C32H42O4S2. The highest BCUT2D eigenvalue weighted by molar-refractivity contribution is 7.15. The van der Waals surface area contributed by atoms with Gasteiger partial charge in [0, 0.05) is 11.1 Å². The SMILES string of the molecule is CC1CCC(C(C)C)C(OC(=O)c2cc3c(s2)C2(OC4(CCCCC4)c4ccsc42)OC32CCCCC2)C1. The molecular weight excluding hydrogens is 512 g/mol. The van der Waals surface area contributed by atoms with Crippen molar-refractivity contribution in [2.45, 2.75) is 127 Å². The first-order valence-electron chi connectivity index (χ1n) is 15.2. The van der Waals surface area contributed by atoms with Gasteiger partial charge in [-0.1, -0.05) is 65.7 Å². The van der Waals surface area contributed by atoms with Crippen molar-refractivity contribution in [2.75, 3.05) is 0 Å². The summed E-state index contributed by atoms with van der Waals surface area (Å²) in [5, 5.41) is 2.22. The van der Waals surface area contributed by atoms with Gasteiger partial charge >= 0.3 is 5.97 Å². The van der Waals surface area contributed by atoms with Crippen molar-refractivity contribution in [3.63, 3.8) is 0 Å². The van der Waals surface area contributed by atoms with Crippen LogP contribution in [0.3, 0.4) is 0 Å². The van der Waals surface area contributed by atoms with Gasteiger partial charge in [0.2, 0.25) is 5.79 Å². The number of hydrogen-bond donors (Lipinski definition) is 0. The molecule has 3 saturated carbocycles. The van der Waals surface area contributed by atoms with Crippen LogP contribution in [0.1, 0.15) is 135 Å². The van der Waals surface area contributed by atoms with Crippen molar-refractivity contribution in [3.8, 4) is 0 Å². The van der Waals surface area contributed by atoms with Crippen molar-refractivity contribution in [3.05, 3.63) is 43.3 Å². The normalized spacial score (nSPS) is 33.2. The highest BCUT2D eigenvalue weighted by atomic mass is 32.1. The maximum atomic E-state index is 13.8. The lowest BCUT2D eigenvalue weighted by molar-refractivity contribution is -0.298. The molecule has 4 unspecified atom stereocenters. The summed E-state index contributed by atoms with van der Waals surface area (Å²) >= 11 is 3.37. The van der Waals surface area contributed by atoms with Crippen LogP contribution in [0, 0.1) is 17.8 Å². The Morgan fingerprint density at radius 1 is 0.947 bits per heavy atom. The Labute approximate surface area is 235 Å². The lowest BCUT2D eigenvalue weighted by Gasteiger charge is -2.39. The summed E-state index contributed by atoms with van der Waals surface area (Å²) in [5.41, 5.74) is 1.94. The van der Waals surface area contributed by atoms with Crippen molar-refractivity contribution in [2.24, 2.45) is 17.8 Å². The van der Waals surface area contributed by atoms with Gasteiger partial charge in [-0.25, -0.2) is 4.79 Å². The summed E-state index contributed by atoms with van der Waals surface area (Å²) in [4.78, 5) is 16.8. The van der Waals surface area contributed by atoms with Crippen LogP contribution in [-0.4, -0.2) is 12.1 Å². The molecule has 4 nitrogen and oxygen atoms in total. The van der Waals surface area contributed by atoms with Gasteiger partial charge in [-0.3, -0.25) is 0 Å². The van der Waals surface area contributed by atoms with Crippen molar-refractivity contribution in [1.82, 2.24) is 0 Å². The van der Waals surface area contributed by atoms with Crippen LogP contribution in [0.15, 0.2) is 17.5 Å². The molecule has 4 heterocycles. The molecule has 4 atom stereocenters. The van der Waals surface area contributed by atoms with E-state index in [1.54, 1.807) is 22.7 Å². The number of fused-ring (bicyclic) bond motifs is 6. The average molecular weight is 555 g/mol. The Morgan fingerprint density at radius 3 is 2.26 bits per heavy atom. The van der Waals surface area contributed by atoms with Crippen LogP contribution < -0.4 is 0 Å². The van der Waals surface area contributed by atoms with E-state index in [-0.39, 0.29) is 23.3 Å². The van der Waals surface area contributed by atoms with E-state index in [0.717, 1.165) is 61.1 Å². The third kappa shape index (κ3) is 3.83. The topological polar surface area (TPSA) is 44.8 Å². The Bertz CT molecular complexity index is 1190. The van der Waals surface area contributed by atoms with Gasteiger partial charge in [0.15, 0.2) is 0 Å². The zero-order valence-corrected chi connectivity index (χ0v) is 24.8. The summed E-state index contributed by atoms with van der Waals surface area (Å²) in [6, 6.07) is 4.43. The monoisotopic (exact) mass is 554 g/mol. The van der Waals surface area contributed by atoms with Crippen molar-refractivity contribution in [1.29, 1.82) is 0 Å². The fourth-order valence-corrected chi connectivity index (χ4v) is 10.7.